The zero-order chi connectivity index (χ0) is 40.6. The maximum atomic E-state index is 5.03. The van der Waals surface area contributed by atoms with Crippen molar-refractivity contribution >= 4 is 43.6 Å². The normalized spacial score (nSPS) is 11.8. The van der Waals surface area contributed by atoms with Gasteiger partial charge in [0.1, 0.15) is 11.6 Å². The van der Waals surface area contributed by atoms with Gasteiger partial charge in [0.15, 0.2) is 5.82 Å². The summed E-state index contributed by atoms with van der Waals surface area (Å²) in [7, 11) is 0. The Morgan fingerprint density at radius 1 is 0.417 bits per heavy atom. The topological polar surface area (TPSA) is 53.5 Å². The van der Waals surface area contributed by atoms with Crippen molar-refractivity contribution in [1.29, 1.82) is 0 Å². The first-order valence-electron chi connectivity index (χ1n) is 20.5. The summed E-state index contributed by atoms with van der Waals surface area (Å²) in [6.07, 6.45) is 1.91. The Morgan fingerprint density at radius 3 is 1.63 bits per heavy atom. The second kappa shape index (κ2) is 13.8. The van der Waals surface area contributed by atoms with Crippen LogP contribution in [-0.2, 0) is 0 Å². The van der Waals surface area contributed by atoms with Gasteiger partial charge in [0.05, 0.1) is 27.8 Å². The molecule has 0 spiro atoms. The van der Waals surface area contributed by atoms with E-state index in [1.54, 1.807) is 0 Å². The van der Waals surface area contributed by atoms with Crippen molar-refractivity contribution in [1.82, 2.24) is 28.9 Å². The van der Waals surface area contributed by atoms with Gasteiger partial charge >= 0.3 is 0 Å². The Bertz CT molecular complexity index is 3450. The first-order valence-corrected chi connectivity index (χ1v) is 20.5. The summed E-state index contributed by atoms with van der Waals surface area (Å²) in [5.41, 5.74) is 17.1. The molecule has 11 rings (SSSR count). The summed E-state index contributed by atoms with van der Waals surface area (Å²) >= 11 is 0. The van der Waals surface area contributed by atoms with E-state index in [2.05, 4.69) is 195 Å². The van der Waals surface area contributed by atoms with Gasteiger partial charge in [-0.1, -0.05) is 103 Å². The summed E-state index contributed by atoms with van der Waals surface area (Å²) in [5.74, 6) is 2.45. The van der Waals surface area contributed by atoms with Gasteiger partial charge in [-0.15, -0.1) is 0 Å². The number of hydrogen-bond acceptors (Lipinski definition) is 3. The number of fused-ring (bicyclic) bond motifs is 6. The molecule has 6 nitrogen and oxygen atoms in total. The van der Waals surface area contributed by atoms with Crippen LogP contribution in [0.1, 0.15) is 28.1 Å². The molecule has 6 heteroatoms. The lowest BCUT2D eigenvalue weighted by atomic mass is 10.0. The minimum atomic E-state index is 0.732. The molecule has 0 saturated carbocycles. The number of hydrogen-bond donors (Lipinski definition) is 0. The fraction of sp³-hybridized carbons (Fsp3) is 0.0926. The Hall–Kier alpha value is -7.57. The molecule has 0 aliphatic heterocycles. The number of aryl methyl sites for hydroxylation is 5. The summed E-state index contributed by atoms with van der Waals surface area (Å²) in [4.78, 5) is 9.98. The SMILES string of the molecule is Cc1ccnc(-n2c3ccc(-c4ccccc4)cc3c3cc4c5cc(-c6ccccc6)ccc5n(-c5cccc(-c6nc(C)nn6-c6c(C)cc(C)cc6C)c5)c4cc32)c1. The lowest BCUT2D eigenvalue weighted by Gasteiger charge is -2.15. The molecule has 0 N–H and O–H groups in total. The summed E-state index contributed by atoms with van der Waals surface area (Å²) in [6.45, 7) is 10.5. The van der Waals surface area contributed by atoms with Crippen molar-refractivity contribution in [2.75, 3.05) is 0 Å². The molecule has 0 aliphatic rings. The maximum absolute atomic E-state index is 5.03. The number of aromatic nitrogens is 6. The molecule has 60 heavy (non-hydrogen) atoms. The van der Waals surface area contributed by atoms with Crippen LogP contribution in [0.3, 0.4) is 0 Å². The molecule has 0 amide bonds. The maximum Gasteiger partial charge on any atom is 0.163 e. The third-order valence-electron chi connectivity index (χ3n) is 11.9. The van der Waals surface area contributed by atoms with Crippen LogP contribution < -0.4 is 0 Å². The molecule has 0 bridgehead atoms. The average molecular weight is 775 g/mol. The summed E-state index contributed by atoms with van der Waals surface area (Å²) < 4.78 is 6.77. The fourth-order valence-electron chi connectivity index (χ4n) is 9.37. The van der Waals surface area contributed by atoms with E-state index >= 15 is 0 Å². The molecule has 0 fully saturated rings. The van der Waals surface area contributed by atoms with Crippen molar-refractivity contribution < 1.29 is 0 Å². The van der Waals surface area contributed by atoms with Crippen LogP contribution in [0.5, 0.6) is 0 Å². The highest BCUT2D eigenvalue weighted by Crippen LogP contribution is 2.42. The van der Waals surface area contributed by atoms with Crippen molar-refractivity contribution in [3.05, 3.63) is 192 Å². The summed E-state index contributed by atoms with van der Waals surface area (Å²) in [5, 5.41) is 9.71. The smallest absolute Gasteiger partial charge is 0.163 e. The monoisotopic (exact) mass is 774 g/mol. The molecule has 4 aromatic heterocycles. The molecule has 0 unspecified atom stereocenters. The standard InChI is InChI=1S/C54H42N6/c1-33-23-24-55-52(27-33)59-49-22-20-41(39-15-10-7-11-16-39)30-45(49)47-31-46-44-29-40(38-13-8-6-9-14-38)19-21-48(44)58(50(46)32-51(47)59)43-18-12-17-42(28-43)54-56-37(5)57-60(54)53-35(3)25-34(2)26-36(53)4/h6-32H,1-5H3. The first-order chi connectivity index (χ1) is 29.3. The molecule has 11 aromatic rings. The van der Waals surface area contributed by atoms with Crippen LogP contribution in [0.25, 0.3) is 94.4 Å². The predicted molar refractivity (Wildman–Crippen MR) is 248 cm³/mol. The van der Waals surface area contributed by atoms with Gasteiger partial charge in [0.25, 0.3) is 0 Å². The number of benzene rings is 7. The Morgan fingerprint density at radius 2 is 1.00 bits per heavy atom. The van der Waals surface area contributed by atoms with Crippen molar-refractivity contribution in [2.45, 2.75) is 34.6 Å². The lowest BCUT2D eigenvalue weighted by Crippen LogP contribution is -2.05. The molecule has 0 atom stereocenters. The van der Waals surface area contributed by atoms with Gasteiger partial charge in [-0.2, -0.15) is 5.10 Å². The van der Waals surface area contributed by atoms with Gasteiger partial charge in [0.2, 0.25) is 0 Å². The second-order valence-corrected chi connectivity index (χ2v) is 16.1. The number of rotatable bonds is 6. The Kier molecular flexibility index (Phi) is 8.17. The average Bonchev–Trinajstić information content (AvgIpc) is 3.91. The molecular formula is C54H42N6. The predicted octanol–water partition coefficient (Wildman–Crippen LogP) is 13.4. The molecule has 7 aromatic carbocycles. The van der Waals surface area contributed by atoms with E-state index < -0.39 is 0 Å². The fourth-order valence-corrected chi connectivity index (χ4v) is 9.37. The van der Waals surface area contributed by atoms with Crippen LogP contribution in [0.15, 0.2) is 164 Å². The minimum absolute atomic E-state index is 0.732. The van der Waals surface area contributed by atoms with Crippen LogP contribution in [0.4, 0.5) is 0 Å². The van der Waals surface area contributed by atoms with E-state index in [0.29, 0.717) is 0 Å². The van der Waals surface area contributed by atoms with E-state index in [9.17, 15) is 0 Å². The minimum Gasteiger partial charge on any atom is -0.309 e. The van der Waals surface area contributed by atoms with Crippen molar-refractivity contribution in [2.24, 2.45) is 0 Å². The van der Waals surface area contributed by atoms with Gasteiger partial charge in [-0.3, -0.25) is 4.57 Å². The molecule has 288 valence electrons. The number of pyridine rings is 1. The van der Waals surface area contributed by atoms with Crippen LogP contribution in [-0.4, -0.2) is 28.9 Å². The van der Waals surface area contributed by atoms with E-state index in [0.717, 1.165) is 62.0 Å². The Labute approximate surface area is 348 Å². The van der Waals surface area contributed by atoms with Gasteiger partial charge in [-0.25, -0.2) is 14.6 Å². The zero-order valence-corrected chi connectivity index (χ0v) is 34.3. The quantitative estimate of drug-likeness (QED) is 0.169. The van der Waals surface area contributed by atoms with E-state index in [4.69, 9.17) is 15.1 Å². The van der Waals surface area contributed by atoms with Crippen LogP contribution in [0, 0.1) is 34.6 Å². The highest BCUT2D eigenvalue weighted by atomic mass is 15.4. The van der Waals surface area contributed by atoms with Crippen LogP contribution in [0.2, 0.25) is 0 Å². The molecule has 0 radical (unpaired) electrons. The number of nitrogens with zero attached hydrogens (tertiary/aromatic N) is 6. The van der Waals surface area contributed by atoms with E-state index in [1.807, 2.05) is 17.8 Å². The van der Waals surface area contributed by atoms with Crippen molar-refractivity contribution in [3.63, 3.8) is 0 Å². The third kappa shape index (κ3) is 5.75. The van der Waals surface area contributed by atoms with E-state index in [-0.39, 0.29) is 0 Å². The van der Waals surface area contributed by atoms with Crippen LogP contribution >= 0.6 is 0 Å². The largest absolute Gasteiger partial charge is 0.309 e. The lowest BCUT2D eigenvalue weighted by molar-refractivity contribution is 0.854. The van der Waals surface area contributed by atoms with E-state index in [1.165, 1.54) is 60.5 Å². The molecule has 0 saturated heterocycles. The molecule has 4 heterocycles. The second-order valence-electron chi connectivity index (χ2n) is 16.1. The molecule has 0 aliphatic carbocycles. The highest BCUT2D eigenvalue weighted by molar-refractivity contribution is 6.20. The van der Waals surface area contributed by atoms with Gasteiger partial charge < -0.3 is 4.57 Å². The third-order valence-corrected chi connectivity index (χ3v) is 11.9. The molecular weight excluding hydrogens is 733 g/mol. The Balaban J connectivity index is 1.21. The van der Waals surface area contributed by atoms with Gasteiger partial charge in [-0.05, 0) is 134 Å². The first kappa shape index (κ1) is 35.6. The van der Waals surface area contributed by atoms with Crippen molar-refractivity contribution in [3.8, 4) is 50.8 Å². The highest BCUT2D eigenvalue weighted by Gasteiger charge is 2.22. The van der Waals surface area contributed by atoms with Gasteiger partial charge in [0, 0.05) is 39.0 Å². The zero-order valence-electron chi connectivity index (χ0n) is 34.3. The summed E-state index contributed by atoms with van der Waals surface area (Å²) in [6, 6.07) is 57.2.